The van der Waals surface area contributed by atoms with Crippen LogP contribution in [0.1, 0.15) is 23.9 Å². The van der Waals surface area contributed by atoms with Crippen LogP contribution in [0.2, 0.25) is 0 Å². The summed E-state index contributed by atoms with van der Waals surface area (Å²) in [6.07, 6.45) is 0.955. The van der Waals surface area contributed by atoms with E-state index in [1.807, 2.05) is 24.3 Å². The molecule has 1 aromatic heterocycles. The van der Waals surface area contributed by atoms with Gasteiger partial charge in [-0.3, -0.25) is 4.79 Å². The Morgan fingerprint density at radius 1 is 1.33 bits per heavy atom. The highest BCUT2D eigenvalue weighted by molar-refractivity contribution is 5.90. The lowest BCUT2D eigenvalue weighted by Crippen LogP contribution is -2.09. The Bertz CT molecular complexity index is 545. The molecule has 0 saturated carbocycles. The minimum absolute atomic E-state index is 0.157. The van der Waals surface area contributed by atoms with E-state index in [4.69, 9.17) is 14.9 Å². The average molecular weight is 245 g/mol. The molecule has 18 heavy (non-hydrogen) atoms. The second-order valence-corrected chi connectivity index (χ2v) is 3.90. The zero-order valence-electron chi connectivity index (χ0n) is 10.2. The first-order valence-electron chi connectivity index (χ1n) is 5.83. The van der Waals surface area contributed by atoms with Crippen molar-refractivity contribution in [3.05, 3.63) is 42.2 Å². The van der Waals surface area contributed by atoms with Crippen molar-refractivity contribution < 1.29 is 13.9 Å². The Morgan fingerprint density at radius 2 is 2.17 bits per heavy atom. The summed E-state index contributed by atoms with van der Waals surface area (Å²) >= 11 is 0. The van der Waals surface area contributed by atoms with E-state index >= 15 is 0 Å². The summed E-state index contributed by atoms with van der Waals surface area (Å²) in [6.45, 7) is 2.73. The maximum absolute atomic E-state index is 11.0. The van der Waals surface area contributed by atoms with Crippen LogP contribution in [-0.4, -0.2) is 12.5 Å². The molecule has 1 aromatic carbocycles. The first-order valence-corrected chi connectivity index (χ1v) is 5.83. The molecule has 0 spiro atoms. The van der Waals surface area contributed by atoms with E-state index in [2.05, 4.69) is 6.92 Å². The number of carbonyl (C=O) groups is 1. The minimum Gasteiger partial charge on any atom is -0.494 e. The highest BCUT2D eigenvalue weighted by Crippen LogP contribution is 2.25. The van der Waals surface area contributed by atoms with Crippen molar-refractivity contribution in [1.29, 1.82) is 0 Å². The van der Waals surface area contributed by atoms with Crippen LogP contribution >= 0.6 is 0 Å². The molecule has 94 valence electrons. The fourth-order valence-corrected chi connectivity index (χ4v) is 1.58. The Hall–Kier alpha value is -2.23. The van der Waals surface area contributed by atoms with Gasteiger partial charge in [0.25, 0.3) is 5.91 Å². The predicted molar refractivity (Wildman–Crippen MR) is 68.4 cm³/mol. The van der Waals surface area contributed by atoms with E-state index in [0.717, 1.165) is 17.7 Å². The standard InChI is InChI=1S/C14H15NO3/c1-2-8-17-11-5-3-4-10(9-11)12-6-7-13(18-12)14(15)16/h3-7,9H,2,8H2,1H3,(H2,15,16). The normalized spacial score (nSPS) is 10.3. The molecule has 0 aliphatic rings. The molecule has 4 nitrogen and oxygen atoms in total. The largest absolute Gasteiger partial charge is 0.494 e. The fraction of sp³-hybridized carbons (Fsp3) is 0.214. The summed E-state index contributed by atoms with van der Waals surface area (Å²) in [5.41, 5.74) is 6.00. The maximum Gasteiger partial charge on any atom is 0.284 e. The molecule has 4 heteroatoms. The molecule has 2 aromatic rings. The number of rotatable bonds is 5. The Balaban J connectivity index is 2.23. The topological polar surface area (TPSA) is 65.5 Å². The van der Waals surface area contributed by atoms with Crippen molar-refractivity contribution in [3.8, 4) is 17.1 Å². The molecule has 0 saturated heterocycles. The van der Waals surface area contributed by atoms with Gasteiger partial charge in [0.15, 0.2) is 5.76 Å². The van der Waals surface area contributed by atoms with Gasteiger partial charge in [0, 0.05) is 5.56 Å². The smallest absolute Gasteiger partial charge is 0.284 e. The van der Waals surface area contributed by atoms with Gasteiger partial charge in [-0.2, -0.15) is 0 Å². The number of carbonyl (C=O) groups excluding carboxylic acids is 1. The van der Waals surface area contributed by atoms with E-state index in [9.17, 15) is 4.79 Å². The van der Waals surface area contributed by atoms with Gasteiger partial charge in [-0.05, 0) is 30.7 Å². The highest BCUT2D eigenvalue weighted by atomic mass is 16.5. The van der Waals surface area contributed by atoms with Gasteiger partial charge in [0.2, 0.25) is 0 Å². The second-order valence-electron chi connectivity index (χ2n) is 3.90. The van der Waals surface area contributed by atoms with Gasteiger partial charge in [-0.1, -0.05) is 19.1 Å². The third-order valence-electron chi connectivity index (χ3n) is 2.44. The third kappa shape index (κ3) is 2.71. The van der Waals surface area contributed by atoms with Gasteiger partial charge >= 0.3 is 0 Å². The molecule has 0 aliphatic carbocycles. The van der Waals surface area contributed by atoms with Crippen molar-refractivity contribution in [2.24, 2.45) is 5.73 Å². The van der Waals surface area contributed by atoms with Crippen LogP contribution < -0.4 is 10.5 Å². The SMILES string of the molecule is CCCOc1cccc(-c2ccc(C(N)=O)o2)c1. The number of ether oxygens (including phenoxy) is 1. The van der Waals surface area contributed by atoms with Crippen LogP contribution in [0.25, 0.3) is 11.3 Å². The third-order valence-corrected chi connectivity index (χ3v) is 2.44. The lowest BCUT2D eigenvalue weighted by molar-refractivity contribution is 0.0974. The summed E-state index contributed by atoms with van der Waals surface area (Å²) in [5, 5.41) is 0. The molecule has 0 atom stereocenters. The zero-order chi connectivity index (χ0) is 13.0. The first-order chi connectivity index (χ1) is 8.70. The van der Waals surface area contributed by atoms with Gasteiger partial charge in [0.05, 0.1) is 6.61 Å². The van der Waals surface area contributed by atoms with Crippen LogP contribution in [-0.2, 0) is 0 Å². The van der Waals surface area contributed by atoms with Crippen molar-refractivity contribution >= 4 is 5.91 Å². The molecule has 0 aliphatic heterocycles. The zero-order valence-corrected chi connectivity index (χ0v) is 10.2. The number of primary amides is 1. The molecule has 0 unspecified atom stereocenters. The van der Waals surface area contributed by atoms with Gasteiger partial charge in [0.1, 0.15) is 11.5 Å². The Labute approximate surface area is 105 Å². The molecule has 0 fully saturated rings. The van der Waals surface area contributed by atoms with Crippen LogP contribution in [0, 0.1) is 0 Å². The van der Waals surface area contributed by atoms with Gasteiger partial charge in [-0.15, -0.1) is 0 Å². The Kier molecular flexibility index (Phi) is 3.67. The highest BCUT2D eigenvalue weighted by Gasteiger charge is 2.09. The predicted octanol–water partition coefficient (Wildman–Crippen LogP) is 2.83. The fourth-order valence-electron chi connectivity index (χ4n) is 1.58. The van der Waals surface area contributed by atoms with E-state index < -0.39 is 5.91 Å². The van der Waals surface area contributed by atoms with Gasteiger partial charge < -0.3 is 14.9 Å². The average Bonchev–Trinajstić information content (AvgIpc) is 2.86. The summed E-state index contributed by atoms with van der Waals surface area (Å²) in [7, 11) is 0. The van der Waals surface area contributed by atoms with E-state index in [1.165, 1.54) is 0 Å². The molecule has 2 rings (SSSR count). The number of hydrogen-bond acceptors (Lipinski definition) is 3. The van der Waals surface area contributed by atoms with E-state index in [1.54, 1.807) is 12.1 Å². The number of hydrogen-bond donors (Lipinski definition) is 1. The number of nitrogens with two attached hydrogens (primary N) is 1. The van der Waals surface area contributed by atoms with Crippen LogP contribution in [0.5, 0.6) is 5.75 Å². The molecular weight excluding hydrogens is 230 g/mol. The molecule has 0 radical (unpaired) electrons. The molecule has 1 amide bonds. The van der Waals surface area contributed by atoms with Gasteiger partial charge in [-0.25, -0.2) is 0 Å². The number of amides is 1. The molecule has 0 bridgehead atoms. The lowest BCUT2D eigenvalue weighted by atomic mass is 10.1. The minimum atomic E-state index is -0.570. The van der Waals surface area contributed by atoms with Crippen molar-refractivity contribution in [1.82, 2.24) is 0 Å². The molecule has 1 heterocycles. The van der Waals surface area contributed by atoms with Crippen molar-refractivity contribution in [2.45, 2.75) is 13.3 Å². The van der Waals surface area contributed by atoms with E-state index in [-0.39, 0.29) is 5.76 Å². The molecular formula is C14H15NO3. The monoisotopic (exact) mass is 245 g/mol. The van der Waals surface area contributed by atoms with Crippen molar-refractivity contribution in [3.63, 3.8) is 0 Å². The Morgan fingerprint density at radius 3 is 2.83 bits per heavy atom. The lowest BCUT2D eigenvalue weighted by Gasteiger charge is -2.05. The summed E-state index contributed by atoms with van der Waals surface area (Å²) in [6, 6.07) is 10.8. The van der Waals surface area contributed by atoms with Crippen LogP contribution in [0.4, 0.5) is 0 Å². The summed E-state index contributed by atoms with van der Waals surface area (Å²) in [4.78, 5) is 11.0. The van der Waals surface area contributed by atoms with Crippen molar-refractivity contribution in [2.75, 3.05) is 6.61 Å². The summed E-state index contributed by atoms with van der Waals surface area (Å²) in [5.74, 6) is 0.974. The number of furan rings is 1. The second kappa shape index (κ2) is 5.40. The summed E-state index contributed by atoms with van der Waals surface area (Å²) < 4.78 is 10.9. The first kappa shape index (κ1) is 12.2. The van der Waals surface area contributed by atoms with Crippen LogP contribution in [0.15, 0.2) is 40.8 Å². The quantitative estimate of drug-likeness (QED) is 0.880. The maximum atomic E-state index is 11.0. The van der Waals surface area contributed by atoms with E-state index in [0.29, 0.717) is 12.4 Å². The van der Waals surface area contributed by atoms with Crippen LogP contribution in [0.3, 0.4) is 0 Å². The number of benzene rings is 1. The molecule has 2 N–H and O–H groups in total.